The third-order valence-electron chi connectivity index (χ3n) is 7.13. The summed E-state index contributed by atoms with van der Waals surface area (Å²) in [5, 5.41) is -0.786. The normalized spacial score (nSPS) is 22.2. The molecule has 0 heteroatoms. The molecule has 0 fully saturated rings. The van der Waals surface area contributed by atoms with Crippen molar-refractivity contribution in [3.63, 3.8) is 0 Å². The SMILES string of the molecule is [2H]c1c([2H])c([2H])c(-c2ccc3c(c2-c2c4c([2H])c([2H])c([2H])c([2H])c4c([2H])c4c([2H])c([2H])c([2H])c([2H])c24)C(C)(C)CCC3(C)C)c([2H])c1[2H]. The summed E-state index contributed by atoms with van der Waals surface area (Å²) in [6.45, 7) is 8.08. The van der Waals surface area contributed by atoms with Crippen LogP contribution in [0.2, 0.25) is 0 Å². The quantitative estimate of drug-likeness (QED) is 0.233. The first kappa shape index (κ1) is 10.9. The van der Waals surface area contributed by atoms with Crippen molar-refractivity contribution in [1.29, 1.82) is 0 Å². The number of benzene rings is 5. The van der Waals surface area contributed by atoms with Crippen molar-refractivity contribution < 1.29 is 19.2 Å². The van der Waals surface area contributed by atoms with Crippen LogP contribution < -0.4 is 0 Å². The van der Waals surface area contributed by atoms with E-state index in [4.69, 9.17) is 19.2 Å². The van der Waals surface area contributed by atoms with Gasteiger partial charge in [-0.25, -0.2) is 0 Å². The van der Waals surface area contributed by atoms with Gasteiger partial charge in [0.15, 0.2) is 0 Å². The molecule has 0 atom stereocenters. The molecule has 1 aliphatic rings. The predicted octanol–water partition coefficient (Wildman–Crippen LogP) is 9.68. The molecule has 5 aromatic carbocycles. The number of hydrogen-bond donors (Lipinski definition) is 0. The molecule has 0 saturated heterocycles. The molecule has 0 spiro atoms. The Morgan fingerprint density at radius 2 is 1.18 bits per heavy atom. The Balaban J connectivity index is 2.08. The Labute approximate surface area is 222 Å². The average molecular weight is 455 g/mol. The Kier molecular flexibility index (Phi) is 2.43. The van der Waals surface area contributed by atoms with Gasteiger partial charge in [-0.3, -0.25) is 0 Å². The summed E-state index contributed by atoms with van der Waals surface area (Å²) in [5.41, 5.74) is 0.669. The van der Waals surface area contributed by atoms with Crippen LogP contribution in [0.25, 0.3) is 43.8 Å². The second-order valence-electron chi connectivity index (χ2n) is 10.2. The number of hydrogen-bond acceptors (Lipinski definition) is 0. The van der Waals surface area contributed by atoms with Gasteiger partial charge in [-0.15, -0.1) is 0 Å². The summed E-state index contributed by atoms with van der Waals surface area (Å²) in [6.07, 6.45) is 1.42. The summed E-state index contributed by atoms with van der Waals surface area (Å²) in [4.78, 5) is 0. The molecule has 1 aliphatic carbocycles. The van der Waals surface area contributed by atoms with E-state index in [1.54, 1.807) is 6.07 Å². The minimum atomic E-state index is -0.655. The van der Waals surface area contributed by atoms with Gasteiger partial charge >= 0.3 is 0 Å². The second kappa shape index (κ2) is 7.57. The van der Waals surface area contributed by atoms with Gasteiger partial charge < -0.3 is 0 Å². The first-order valence-electron chi connectivity index (χ1n) is 18.4. The smallest absolute Gasteiger partial charge is 0.0622 e. The highest BCUT2D eigenvalue weighted by atomic mass is 14.4. The first-order chi connectivity index (χ1) is 22.2. The molecular formula is C34H32. The van der Waals surface area contributed by atoms with E-state index in [9.17, 15) is 0 Å². The number of rotatable bonds is 2. The van der Waals surface area contributed by atoms with Gasteiger partial charge in [0.05, 0.1) is 19.2 Å². The van der Waals surface area contributed by atoms with Gasteiger partial charge in [-0.1, -0.05) is 118 Å². The highest BCUT2D eigenvalue weighted by molar-refractivity contribution is 6.15. The zero-order chi connectivity index (χ0) is 35.7. The molecule has 0 radical (unpaired) electrons. The van der Waals surface area contributed by atoms with Crippen LogP contribution in [0.4, 0.5) is 0 Å². The van der Waals surface area contributed by atoms with Crippen molar-refractivity contribution in [1.82, 2.24) is 0 Å². The van der Waals surface area contributed by atoms with Gasteiger partial charge in [0.2, 0.25) is 0 Å². The molecule has 6 rings (SSSR count). The van der Waals surface area contributed by atoms with Gasteiger partial charge in [-0.2, -0.15) is 0 Å². The minimum Gasteiger partial charge on any atom is -0.0622 e. The van der Waals surface area contributed by atoms with E-state index in [0.29, 0.717) is 12.0 Å². The van der Waals surface area contributed by atoms with Crippen LogP contribution in [0.5, 0.6) is 0 Å². The maximum Gasteiger partial charge on any atom is 0.0636 e. The van der Waals surface area contributed by atoms with Crippen LogP contribution >= 0.6 is 0 Å². The highest BCUT2D eigenvalue weighted by Crippen LogP contribution is 2.53. The zero-order valence-corrected chi connectivity index (χ0v) is 19.6. The lowest BCUT2D eigenvalue weighted by atomic mass is 9.60. The summed E-state index contributed by atoms with van der Waals surface area (Å²) < 4.78 is 122. The van der Waals surface area contributed by atoms with Crippen molar-refractivity contribution in [3.8, 4) is 22.3 Å². The molecule has 0 N–H and O–H groups in total. The van der Waals surface area contributed by atoms with Gasteiger partial charge in [0.1, 0.15) is 0 Å². The molecule has 0 saturated carbocycles. The summed E-state index contributed by atoms with van der Waals surface area (Å²) in [7, 11) is 0. The van der Waals surface area contributed by atoms with E-state index in [-0.39, 0.29) is 43.8 Å². The van der Waals surface area contributed by atoms with Crippen LogP contribution in [-0.4, -0.2) is 0 Å². The van der Waals surface area contributed by atoms with Crippen molar-refractivity contribution in [2.24, 2.45) is 0 Å². The monoisotopic (exact) mass is 454 g/mol. The van der Waals surface area contributed by atoms with Gasteiger partial charge in [0, 0.05) is 0 Å². The number of fused-ring (bicyclic) bond motifs is 3. The Morgan fingerprint density at radius 1 is 0.618 bits per heavy atom. The van der Waals surface area contributed by atoms with Crippen molar-refractivity contribution in [2.75, 3.05) is 0 Å². The third-order valence-corrected chi connectivity index (χ3v) is 7.13. The molecular weight excluding hydrogens is 408 g/mol. The summed E-state index contributed by atoms with van der Waals surface area (Å²) >= 11 is 0. The first-order valence-corrected chi connectivity index (χ1v) is 11.4. The highest BCUT2D eigenvalue weighted by Gasteiger charge is 2.40. The molecule has 34 heavy (non-hydrogen) atoms. The lowest BCUT2D eigenvalue weighted by molar-refractivity contribution is 0.333. The maximum atomic E-state index is 9.17. The van der Waals surface area contributed by atoms with Crippen LogP contribution in [0, 0.1) is 0 Å². The Morgan fingerprint density at radius 3 is 1.82 bits per heavy atom. The molecule has 0 nitrogen and oxygen atoms in total. The van der Waals surface area contributed by atoms with E-state index in [0.717, 1.165) is 12.0 Å². The zero-order valence-electron chi connectivity index (χ0n) is 33.6. The molecule has 0 unspecified atom stereocenters. The molecule has 0 aliphatic heterocycles. The minimum absolute atomic E-state index is 0.000522. The average Bonchev–Trinajstić information content (AvgIpc) is 3.04. The molecule has 0 bridgehead atoms. The van der Waals surface area contributed by atoms with Gasteiger partial charge in [0.25, 0.3) is 0 Å². The van der Waals surface area contributed by atoms with Crippen molar-refractivity contribution in [3.05, 3.63) is 108 Å². The fourth-order valence-electron chi connectivity index (χ4n) is 5.29. The standard InChI is InChI=1S/C34H32/c1-33(2)20-21-34(3,4)32-29(33)19-18-28(23-12-6-5-7-13-23)31(32)30-26-16-10-8-14-24(26)22-25-15-9-11-17-27(25)30/h5-19,22H,20-21H2,1-4H3/i5D,6D,7D,8D,9D,10D,11D,12D,13D,14D,15D,16D,17D,22D. The topological polar surface area (TPSA) is 0 Å². The van der Waals surface area contributed by atoms with Crippen molar-refractivity contribution >= 4 is 21.5 Å². The van der Waals surface area contributed by atoms with Crippen LogP contribution in [-0.2, 0) is 10.8 Å². The van der Waals surface area contributed by atoms with Crippen LogP contribution in [0.15, 0.2) is 96.7 Å². The fourth-order valence-corrected chi connectivity index (χ4v) is 5.29. The largest absolute Gasteiger partial charge is 0.0636 e. The van der Waals surface area contributed by atoms with Crippen LogP contribution in [0.1, 0.15) is 70.9 Å². The molecule has 0 heterocycles. The van der Waals surface area contributed by atoms with Gasteiger partial charge in [-0.05, 0) is 84.6 Å². The summed E-state index contributed by atoms with van der Waals surface area (Å²) in [5.74, 6) is 0. The maximum absolute atomic E-state index is 9.17. The fraction of sp³-hybridized carbons (Fsp3) is 0.235. The Bertz CT molecular complexity index is 2170. The third kappa shape index (κ3) is 3.20. The predicted molar refractivity (Wildman–Crippen MR) is 148 cm³/mol. The van der Waals surface area contributed by atoms with Crippen molar-refractivity contribution in [2.45, 2.75) is 51.4 Å². The van der Waals surface area contributed by atoms with E-state index < -0.39 is 95.4 Å². The van der Waals surface area contributed by atoms with E-state index >= 15 is 0 Å². The molecule has 0 amide bonds. The molecule has 168 valence electrons. The lowest BCUT2D eigenvalue weighted by Gasteiger charge is -2.44. The lowest BCUT2D eigenvalue weighted by Crippen LogP contribution is -2.34. The molecule has 0 aromatic heterocycles. The van der Waals surface area contributed by atoms with Crippen LogP contribution in [0.3, 0.4) is 0 Å². The second-order valence-corrected chi connectivity index (χ2v) is 10.2. The van der Waals surface area contributed by atoms with E-state index in [1.807, 2.05) is 19.9 Å². The summed E-state index contributed by atoms with van der Waals surface area (Å²) in [6, 6.07) is -4.35. The van der Waals surface area contributed by atoms with E-state index in [1.165, 1.54) is 0 Å². The Hall–Kier alpha value is -3.38. The van der Waals surface area contributed by atoms with E-state index in [2.05, 4.69) is 13.8 Å². The molecule has 5 aromatic rings.